The first-order valence-electron chi connectivity index (χ1n) is 5.32. The molecule has 0 saturated heterocycles. The van der Waals surface area contributed by atoms with Crippen molar-refractivity contribution in [1.29, 1.82) is 0 Å². The quantitative estimate of drug-likeness (QED) is 0.449. The van der Waals surface area contributed by atoms with Gasteiger partial charge in [0.25, 0.3) is 0 Å². The maximum absolute atomic E-state index is 13.2. The molecule has 88 valence electrons. The number of hydrogen-bond donors (Lipinski definition) is 0. The summed E-state index contributed by atoms with van der Waals surface area (Å²) in [6.45, 7) is 0.484. The number of nitrogens with zero attached hydrogens (tertiary/aromatic N) is 4. The lowest BCUT2D eigenvalue weighted by Gasteiger charge is -2.28. The summed E-state index contributed by atoms with van der Waals surface area (Å²) >= 11 is 0. The molecule has 0 bridgehead atoms. The van der Waals surface area contributed by atoms with Gasteiger partial charge >= 0.3 is 0 Å². The summed E-state index contributed by atoms with van der Waals surface area (Å²) in [5.74, 6) is -0.427. The standard InChI is InChI=1S/C11H11FN4O/c12-9-3-1-8-2-4-11(17)16(10(8)7-9)6-5-14-15-13/h1,3,7H,2,4-6H2. The van der Waals surface area contributed by atoms with Crippen LogP contribution in [-0.4, -0.2) is 19.0 Å². The van der Waals surface area contributed by atoms with Gasteiger partial charge in [0.15, 0.2) is 0 Å². The second-order valence-electron chi connectivity index (χ2n) is 3.77. The molecule has 0 radical (unpaired) electrons. The molecule has 1 aromatic rings. The summed E-state index contributed by atoms with van der Waals surface area (Å²) in [6.07, 6.45) is 1.04. The van der Waals surface area contributed by atoms with E-state index in [0.29, 0.717) is 25.1 Å². The molecule has 0 atom stereocenters. The molecular formula is C11H11FN4O. The van der Waals surface area contributed by atoms with E-state index in [1.807, 2.05) is 0 Å². The van der Waals surface area contributed by atoms with Gasteiger partial charge in [-0.2, -0.15) is 0 Å². The molecule has 0 aromatic heterocycles. The number of halogens is 1. The van der Waals surface area contributed by atoms with E-state index < -0.39 is 0 Å². The van der Waals surface area contributed by atoms with Crippen molar-refractivity contribution < 1.29 is 9.18 Å². The smallest absolute Gasteiger partial charge is 0.227 e. The van der Waals surface area contributed by atoms with Crippen molar-refractivity contribution in [3.8, 4) is 0 Å². The fourth-order valence-corrected chi connectivity index (χ4v) is 1.95. The average molecular weight is 234 g/mol. The molecule has 0 spiro atoms. The highest BCUT2D eigenvalue weighted by Gasteiger charge is 2.23. The van der Waals surface area contributed by atoms with Gasteiger partial charge in [-0.1, -0.05) is 11.2 Å². The second kappa shape index (κ2) is 4.84. The maximum atomic E-state index is 13.2. The number of rotatable bonds is 3. The monoisotopic (exact) mass is 234 g/mol. The molecule has 0 unspecified atom stereocenters. The molecule has 1 aliphatic heterocycles. The zero-order valence-electron chi connectivity index (χ0n) is 9.14. The molecular weight excluding hydrogens is 223 g/mol. The van der Waals surface area contributed by atoms with Gasteiger partial charge in [-0.15, -0.1) is 0 Å². The van der Waals surface area contributed by atoms with Crippen molar-refractivity contribution in [2.45, 2.75) is 12.8 Å². The van der Waals surface area contributed by atoms with Crippen molar-refractivity contribution in [2.24, 2.45) is 5.11 Å². The first kappa shape index (κ1) is 11.4. The summed E-state index contributed by atoms with van der Waals surface area (Å²) in [5, 5.41) is 3.39. The van der Waals surface area contributed by atoms with Crippen LogP contribution < -0.4 is 4.90 Å². The van der Waals surface area contributed by atoms with Gasteiger partial charge in [0.2, 0.25) is 5.91 Å². The molecule has 0 fully saturated rings. The number of fused-ring (bicyclic) bond motifs is 1. The lowest BCUT2D eigenvalue weighted by Crippen LogP contribution is -2.37. The van der Waals surface area contributed by atoms with Gasteiger partial charge in [0.05, 0.1) is 0 Å². The van der Waals surface area contributed by atoms with Gasteiger partial charge in [0.1, 0.15) is 5.82 Å². The van der Waals surface area contributed by atoms with E-state index in [0.717, 1.165) is 5.56 Å². The van der Waals surface area contributed by atoms with Crippen molar-refractivity contribution >= 4 is 11.6 Å². The van der Waals surface area contributed by atoms with E-state index in [9.17, 15) is 9.18 Å². The van der Waals surface area contributed by atoms with Crippen LogP contribution in [0.1, 0.15) is 12.0 Å². The molecule has 6 heteroatoms. The van der Waals surface area contributed by atoms with Gasteiger partial charge in [-0.3, -0.25) is 4.79 Å². The van der Waals surface area contributed by atoms with Crippen LogP contribution in [0.3, 0.4) is 0 Å². The Balaban J connectivity index is 2.28. The molecule has 5 nitrogen and oxygen atoms in total. The highest BCUT2D eigenvalue weighted by molar-refractivity contribution is 5.96. The van der Waals surface area contributed by atoms with Crippen LogP contribution in [-0.2, 0) is 11.2 Å². The number of benzene rings is 1. The number of azide groups is 1. The molecule has 1 aliphatic rings. The van der Waals surface area contributed by atoms with Crippen LogP contribution in [0.25, 0.3) is 10.4 Å². The van der Waals surface area contributed by atoms with Crippen LogP contribution in [0.4, 0.5) is 10.1 Å². The molecule has 1 heterocycles. The average Bonchev–Trinajstić information content (AvgIpc) is 2.32. The van der Waals surface area contributed by atoms with E-state index in [4.69, 9.17) is 5.53 Å². The summed E-state index contributed by atoms with van der Waals surface area (Å²) in [7, 11) is 0. The summed E-state index contributed by atoms with van der Waals surface area (Å²) in [4.78, 5) is 15.8. The first-order chi connectivity index (χ1) is 8.22. The Kier molecular flexibility index (Phi) is 3.25. The van der Waals surface area contributed by atoms with Crippen molar-refractivity contribution in [1.82, 2.24) is 0 Å². The fourth-order valence-electron chi connectivity index (χ4n) is 1.95. The Morgan fingerprint density at radius 2 is 2.29 bits per heavy atom. The van der Waals surface area contributed by atoms with E-state index in [2.05, 4.69) is 10.0 Å². The highest BCUT2D eigenvalue weighted by atomic mass is 19.1. The first-order valence-corrected chi connectivity index (χ1v) is 5.32. The zero-order valence-corrected chi connectivity index (χ0v) is 9.14. The SMILES string of the molecule is [N-]=[N+]=NCCN1C(=O)CCc2ccc(F)cc21. The van der Waals surface area contributed by atoms with Gasteiger partial charge in [-0.05, 0) is 29.6 Å². The van der Waals surface area contributed by atoms with Crippen LogP contribution in [0.2, 0.25) is 0 Å². The minimum absolute atomic E-state index is 0.0590. The minimum Gasteiger partial charge on any atom is -0.312 e. The number of carbonyl (C=O) groups excluding carboxylic acids is 1. The molecule has 1 aromatic carbocycles. The van der Waals surface area contributed by atoms with E-state index in [1.54, 1.807) is 6.07 Å². The Labute approximate surface area is 97.5 Å². The van der Waals surface area contributed by atoms with Gasteiger partial charge < -0.3 is 4.90 Å². The number of aryl methyl sites for hydroxylation is 1. The van der Waals surface area contributed by atoms with E-state index in [1.165, 1.54) is 17.0 Å². The molecule has 0 aliphatic carbocycles. The maximum Gasteiger partial charge on any atom is 0.227 e. The number of carbonyl (C=O) groups is 1. The largest absolute Gasteiger partial charge is 0.312 e. The van der Waals surface area contributed by atoms with Crippen molar-refractivity contribution in [3.63, 3.8) is 0 Å². The molecule has 0 saturated carbocycles. The normalized spacial score (nSPS) is 14.2. The van der Waals surface area contributed by atoms with Gasteiger partial charge in [0, 0.05) is 30.1 Å². The van der Waals surface area contributed by atoms with Crippen LogP contribution in [0, 0.1) is 5.82 Å². The Hall–Kier alpha value is -2.07. The molecule has 0 N–H and O–H groups in total. The lowest BCUT2D eigenvalue weighted by molar-refractivity contribution is -0.118. The Bertz CT molecular complexity index is 496. The molecule has 2 rings (SSSR count). The third kappa shape index (κ3) is 2.37. The van der Waals surface area contributed by atoms with Gasteiger partial charge in [-0.25, -0.2) is 4.39 Å². The third-order valence-electron chi connectivity index (χ3n) is 2.73. The highest BCUT2D eigenvalue weighted by Crippen LogP contribution is 2.28. The Morgan fingerprint density at radius 1 is 1.47 bits per heavy atom. The van der Waals surface area contributed by atoms with Crippen LogP contribution in [0.15, 0.2) is 23.3 Å². The van der Waals surface area contributed by atoms with Crippen LogP contribution >= 0.6 is 0 Å². The fraction of sp³-hybridized carbons (Fsp3) is 0.364. The Morgan fingerprint density at radius 3 is 3.06 bits per heavy atom. The molecule has 1 amide bonds. The van der Waals surface area contributed by atoms with Crippen molar-refractivity contribution in [3.05, 3.63) is 40.0 Å². The predicted molar refractivity (Wildman–Crippen MR) is 61.1 cm³/mol. The summed E-state index contributed by atoms with van der Waals surface area (Å²) < 4.78 is 13.2. The van der Waals surface area contributed by atoms with E-state index >= 15 is 0 Å². The van der Waals surface area contributed by atoms with E-state index in [-0.39, 0.29) is 18.3 Å². The zero-order chi connectivity index (χ0) is 12.3. The molecule has 17 heavy (non-hydrogen) atoms. The summed E-state index contributed by atoms with van der Waals surface area (Å²) in [6, 6.07) is 4.43. The minimum atomic E-state index is -0.368. The lowest BCUT2D eigenvalue weighted by atomic mass is 10.0. The number of amides is 1. The summed E-state index contributed by atoms with van der Waals surface area (Å²) in [5.41, 5.74) is 9.74. The predicted octanol–water partition coefficient (Wildman–Crippen LogP) is 2.42. The second-order valence-corrected chi connectivity index (χ2v) is 3.77. The number of anilines is 1. The van der Waals surface area contributed by atoms with Crippen molar-refractivity contribution in [2.75, 3.05) is 18.0 Å². The van der Waals surface area contributed by atoms with Crippen LogP contribution in [0.5, 0.6) is 0 Å². The number of hydrogen-bond acceptors (Lipinski definition) is 2. The third-order valence-corrected chi connectivity index (χ3v) is 2.73. The topological polar surface area (TPSA) is 69.1 Å².